The first-order valence-corrected chi connectivity index (χ1v) is 6.23. The molecule has 80 valence electrons. The van der Waals surface area contributed by atoms with Gasteiger partial charge in [0, 0.05) is 13.1 Å². The first-order valence-electron chi connectivity index (χ1n) is 4.90. The molecular weight excluding hydrogens is 206 g/mol. The molecule has 4 heterocycles. The molecular formula is C8H13NO4S. The van der Waals surface area contributed by atoms with Gasteiger partial charge in [0.25, 0.3) is 0 Å². The fraction of sp³-hybridized carbons (Fsp3) is 1.00. The summed E-state index contributed by atoms with van der Waals surface area (Å²) in [5.74, 6) is 0.335. The lowest BCUT2D eigenvalue weighted by atomic mass is 9.79. The summed E-state index contributed by atoms with van der Waals surface area (Å²) in [4.78, 5) is 2.07. The van der Waals surface area contributed by atoms with Crippen molar-refractivity contribution in [1.82, 2.24) is 4.90 Å². The molecule has 4 rings (SSSR count). The van der Waals surface area contributed by atoms with Crippen molar-refractivity contribution in [2.75, 3.05) is 13.1 Å². The van der Waals surface area contributed by atoms with Gasteiger partial charge < -0.3 is 0 Å². The number of rotatable bonds is 0. The Morgan fingerprint density at radius 2 is 2.00 bits per heavy atom. The van der Waals surface area contributed by atoms with Crippen molar-refractivity contribution >= 4 is 10.4 Å². The Labute approximate surface area is 83.3 Å². The summed E-state index contributed by atoms with van der Waals surface area (Å²) in [6.07, 6.45) is 1.73. The fourth-order valence-corrected chi connectivity index (χ4v) is 4.13. The van der Waals surface area contributed by atoms with E-state index in [0.29, 0.717) is 5.92 Å². The molecule has 14 heavy (non-hydrogen) atoms. The van der Waals surface area contributed by atoms with Crippen molar-refractivity contribution in [3.63, 3.8) is 0 Å². The molecule has 4 saturated heterocycles. The van der Waals surface area contributed by atoms with E-state index in [2.05, 4.69) is 4.90 Å². The van der Waals surface area contributed by atoms with Gasteiger partial charge in [-0.2, -0.15) is 8.42 Å². The van der Waals surface area contributed by atoms with E-state index in [9.17, 15) is 8.42 Å². The highest BCUT2D eigenvalue weighted by atomic mass is 32.3. The molecule has 0 aromatic carbocycles. The van der Waals surface area contributed by atoms with Gasteiger partial charge in [-0.1, -0.05) is 0 Å². The Morgan fingerprint density at radius 3 is 2.57 bits per heavy atom. The Morgan fingerprint density at radius 1 is 1.36 bits per heavy atom. The molecule has 6 heteroatoms. The second-order valence-corrected chi connectivity index (χ2v) is 5.56. The summed E-state index contributed by atoms with van der Waals surface area (Å²) in [5.41, 5.74) is -0.736. The van der Waals surface area contributed by atoms with Crippen LogP contribution in [-0.2, 0) is 18.8 Å². The van der Waals surface area contributed by atoms with Gasteiger partial charge in [-0.15, -0.1) is 0 Å². The van der Waals surface area contributed by atoms with E-state index in [1.165, 1.54) is 0 Å². The minimum absolute atomic E-state index is 0.296. The number of fused-ring (bicyclic) bond motifs is 2. The lowest BCUT2D eigenvalue weighted by Gasteiger charge is -2.50. The van der Waals surface area contributed by atoms with Crippen molar-refractivity contribution in [2.24, 2.45) is 5.92 Å². The summed E-state index contributed by atoms with van der Waals surface area (Å²) in [6.45, 7) is 3.64. The zero-order valence-corrected chi connectivity index (χ0v) is 8.79. The predicted molar refractivity (Wildman–Crippen MR) is 47.6 cm³/mol. The van der Waals surface area contributed by atoms with Crippen LogP contribution in [0.1, 0.15) is 19.8 Å². The van der Waals surface area contributed by atoms with E-state index >= 15 is 0 Å². The normalized spacial score (nSPS) is 54.5. The number of hydrogen-bond donors (Lipinski definition) is 0. The molecule has 0 radical (unpaired) electrons. The van der Waals surface area contributed by atoms with E-state index in [1.807, 2.05) is 6.92 Å². The second kappa shape index (κ2) is 2.49. The van der Waals surface area contributed by atoms with Crippen LogP contribution in [0.25, 0.3) is 0 Å². The van der Waals surface area contributed by atoms with Crippen molar-refractivity contribution in [3.8, 4) is 0 Å². The molecule has 4 fully saturated rings. The SMILES string of the molecule is CC12OS(=O)(=O)OC1C1CCN2CC1. The van der Waals surface area contributed by atoms with Crippen LogP contribution in [0.15, 0.2) is 0 Å². The maximum Gasteiger partial charge on any atom is 0.402 e. The highest BCUT2D eigenvalue weighted by Gasteiger charge is 2.61. The molecule has 0 aliphatic carbocycles. The molecule has 0 saturated carbocycles. The summed E-state index contributed by atoms with van der Waals surface area (Å²) >= 11 is 0. The minimum atomic E-state index is -3.75. The third-order valence-corrected chi connectivity index (χ3v) is 4.60. The Bertz CT molecular complexity index is 360. The van der Waals surface area contributed by atoms with Crippen LogP contribution in [0, 0.1) is 5.92 Å². The van der Waals surface area contributed by atoms with Crippen LogP contribution in [0.5, 0.6) is 0 Å². The zero-order chi connectivity index (χ0) is 9.97. The molecule has 4 aliphatic rings. The first kappa shape index (κ1) is 9.08. The zero-order valence-electron chi connectivity index (χ0n) is 7.97. The fourth-order valence-electron chi connectivity index (χ4n) is 2.88. The Kier molecular flexibility index (Phi) is 1.62. The van der Waals surface area contributed by atoms with E-state index in [1.54, 1.807) is 0 Å². The van der Waals surface area contributed by atoms with Gasteiger partial charge in [0.2, 0.25) is 0 Å². The monoisotopic (exact) mass is 219 g/mol. The maximum absolute atomic E-state index is 11.2. The molecule has 5 nitrogen and oxygen atoms in total. The van der Waals surface area contributed by atoms with Crippen LogP contribution < -0.4 is 0 Å². The molecule has 0 aromatic rings. The summed E-state index contributed by atoms with van der Waals surface area (Å²) in [7, 11) is -3.75. The van der Waals surface area contributed by atoms with E-state index in [0.717, 1.165) is 25.9 Å². The second-order valence-electron chi connectivity index (χ2n) is 4.39. The van der Waals surface area contributed by atoms with Crippen molar-refractivity contribution < 1.29 is 16.8 Å². The predicted octanol–water partition coefficient (Wildman–Crippen LogP) is 0.0884. The molecule has 0 amide bonds. The average molecular weight is 219 g/mol. The Hall–Kier alpha value is -0.170. The standard InChI is InChI=1S/C8H13NO4S/c1-8-7(12-14(10,11)13-8)6-2-4-9(8)5-3-6/h6-7H,2-5H2,1H3. The van der Waals surface area contributed by atoms with Crippen LogP contribution in [0.4, 0.5) is 0 Å². The van der Waals surface area contributed by atoms with Gasteiger partial charge in [0.05, 0.1) is 0 Å². The largest absolute Gasteiger partial charge is 0.402 e. The van der Waals surface area contributed by atoms with Gasteiger partial charge in [-0.3, -0.25) is 4.90 Å². The van der Waals surface area contributed by atoms with Crippen LogP contribution in [0.2, 0.25) is 0 Å². The smallest absolute Gasteiger partial charge is 0.272 e. The molecule has 4 aliphatic heterocycles. The first-order chi connectivity index (χ1) is 6.51. The highest BCUT2D eigenvalue weighted by Crippen LogP contribution is 2.47. The number of nitrogens with zero attached hydrogens (tertiary/aromatic N) is 1. The van der Waals surface area contributed by atoms with E-state index < -0.39 is 16.1 Å². The molecule has 0 N–H and O–H groups in total. The summed E-state index contributed by atoms with van der Waals surface area (Å²) in [5, 5.41) is 0. The van der Waals surface area contributed by atoms with E-state index in [-0.39, 0.29) is 6.10 Å². The van der Waals surface area contributed by atoms with Crippen LogP contribution in [0.3, 0.4) is 0 Å². The average Bonchev–Trinajstić information content (AvgIpc) is 2.38. The van der Waals surface area contributed by atoms with Gasteiger partial charge in [0.15, 0.2) is 5.72 Å². The molecule has 0 spiro atoms. The maximum atomic E-state index is 11.2. The van der Waals surface area contributed by atoms with Gasteiger partial charge >= 0.3 is 10.4 Å². The number of hydrogen-bond acceptors (Lipinski definition) is 5. The molecule has 2 atom stereocenters. The highest BCUT2D eigenvalue weighted by molar-refractivity contribution is 7.82. The third-order valence-electron chi connectivity index (χ3n) is 3.62. The lowest BCUT2D eigenvalue weighted by Crippen LogP contribution is -2.64. The molecule has 2 bridgehead atoms. The topological polar surface area (TPSA) is 55.8 Å². The van der Waals surface area contributed by atoms with Gasteiger partial charge in [0.1, 0.15) is 6.10 Å². The molecule has 0 aromatic heterocycles. The summed E-state index contributed by atoms with van der Waals surface area (Å²) < 4.78 is 32.5. The quantitative estimate of drug-likeness (QED) is 0.578. The van der Waals surface area contributed by atoms with Crippen LogP contribution >= 0.6 is 0 Å². The summed E-state index contributed by atoms with van der Waals surface area (Å²) in [6, 6.07) is 0. The lowest BCUT2D eigenvalue weighted by molar-refractivity contribution is -0.168. The van der Waals surface area contributed by atoms with Crippen molar-refractivity contribution in [1.29, 1.82) is 0 Å². The third kappa shape index (κ3) is 1.02. The minimum Gasteiger partial charge on any atom is -0.272 e. The Balaban J connectivity index is 2.05. The van der Waals surface area contributed by atoms with Gasteiger partial charge in [-0.25, -0.2) is 8.37 Å². The van der Waals surface area contributed by atoms with Crippen LogP contribution in [-0.4, -0.2) is 38.2 Å². The molecule has 2 unspecified atom stereocenters. The van der Waals surface area contributed by atoms with E-state index in [4.69, 9.17) is 8.37 Å². The van der Waals surface area contributed by atoms with Crippen molar-refractivity contribution in [3.05, 3.63) is 0 Å². The van der Waals surface area contributed by atoms with Crippen molar-refractivity contribution in [2.45, 2.75) is 31.6 Å². The number of piperidine rings is 3. The van der Waals surface area contributed by atoms with Gasteiger partial charge in [-0.05, 0) is 25.7 Å².